The molecule has 0 fully saturated rings. The number of carbonyl (C=O) groups is 1. The fourth-order valence-corrected chi connectivity index (χ4v) is 4.12. The van der Waals surface area contributed by atoms with E-state index in [1.807, 2.05) is 18.2 Å². The zero-order valence-electron chi connectivity index (χ0n) is 17.9. The smallest absolute Gasteiger partial charge is 0.129 e. The fraction of sp³-hybridized carbons (Fsp3) is 0.480. The molecule has 1 atom stereocenters. The highest BCUT2D eigenvalue weighted by Crippen LogP contribution is 2.45. The Kier molecular flexibility index (Phi) is 6.12. The Morgan fingerprint density at radius 1 is 1.11 bits per heavy atom. The van der Waals surface area contributed by atoms with Crippen molar-refractivity contribution < 1.29 is 14.3 Å². The number of ketones is 1. The van der Waals surface area contributed by atoms with Crippen molar-refractivity contribution in [2.24, 2.45) is 0 Å². The van der Waals surface area contributed by atoms with Crippen molar-refractivity contribution in [1.82, 2.24) is 0 Å². The molecule has 1 heterocycles. The first-order valence-corrected chi connectivity index (χ1v) is 10.3. The van der Waals surface area contributed by atoms with Crippen LogP contribution in [-0.2, 0) is 17.8 Å². The van der Waals surface area contributed by atoms with E-state index in [9.17, 15) is 4.79 Å². The largest absolute Gasteiger partial charge is 0.488 e. The van der Waals surface area contributed by atoms with Crippen molar-refractivity contribution in [2.75, 3.05) is 0 Å². The van der Waals surface area contributed by atoms with Crippen LogP contribution in [-0.4, -0.2) is 11.4 Å². The maximum Gasteiger partial charge on any atom is 0.129 e. The molecule has 0 N–H and O–H groups in total. The van der Waals surface area contributed by atoms with Gasteiger partial charge in [-0.05, 0) is 82.6 Å². The summed E-state index contributed by atoms with van der Waals surface area (Å²) in [5.41, 5.74) is 5.76. The molecular formula is C25H32O3. The van der Waals surface area contributed by atoms with Crippen LogP contribution in [0.2, 0.25) is 0 Å². The van der Waals surface area contributed by atoms with Crippen molar-refractivity contribution in [1.29, 1.82) is 0 Å². The van der Waals surface area contributed by atoms with Crippen LogP contribution in [0.25, 0.3) is 0 Å². The Bertz CT molecular complexity index is 854. The van der Waals surface area contributed by atoms with Crippen LogP contribution in [0, 0.1) is 20.8 Å². The lowest BCUT2D eigenvalue weighted by atomic mass is 9.84. The number of ether oxygens (including phenoxy) is 2. The van der Waals surface area contributed by atoms with Gasteiger partial charge < -0.3 is 14.3 Å². The quantitative estimate of drug-likeness (QED) is 0.588. The standard InChI is InChI=1S/C25H32O3/c1-17(26)10-9-14-25(5)15-13-22-20(4)23(18(2)19(3)24(22)28-25)27-16-21-11-7-6-8-12-21/h6-8,11-12H,9-10,13-16H2,1-5H3/t25-/m1/s1. The number of fused-ring (bicyclic) bond motifs is 1. The number of benzene rings is 2. The van der Waals surface area contributed by atoms with Gasteiger partial charge in [-0.2, -0.15) is 0 Å². The third-order valence-corrected chi connectivity index (χ3v) is 6.02. The van der Waals surface area contributed by atoms with Crippen LogP contribution >= 0.6 is 0 Å². The molecule has 1 aliphatic rings. The molecule has 0 aliphatic carbocycles. The highest BCUT2D eigenvalue weighted by Gasteiger charge is 2.34. The molecule has 28 heavy (non-hydrogen) atoms. The van der Waals surface area contributed by atoms with E-state index >= 15 is 0 Å². The summed E-state index contributed by atoms with van der Waals surface area (Å²) >= 11 is 0. The predicted molar refractivity (Wildman–Crippen MR) is 113 cm³/mol. The first kappa shape index (κ1) is 20.4. The van der Waals surface area contributed by atoms with E-state index in [0.29, 0.717) is 13.0 Å². The highest BCUT2D eigenvalue weighted by molar-refractivity contribution is 5.75. The first-order valence-electron chi connectivity index (χ1n) is 10.3. The van der Waals surface area contributed by atoms with Crippen LogP contribution in [0.4, 0.5) is 0 Å². The topological polar surface area (TPSA) is 35.5 Å². The Hall–Kier alpha value is -2.29. The van der Waals surface area contributed by atoms with Gasteiger partial charge in [-0.1, -0.05) is 30.3 Å². The normalized spacial score (nSPS) is 18.3. The lowest BCUT2D eigenvalue weighted by Gasteiger charge is -2.38. The van der Waals surface area contributed by atoms with Gasteiger partial charge >= 0.3 is 0 Å². The average molecular weight is 381 g/mol. The molecule has 2 aromatic carbocycles. The van der Waals surface area contributed by atoms with Crippen molar-refractivity contribution in [3.63, 3.8) is 0 Å². The van der Waals surface area contributed by atoms with Crippen LogP contribution in [0.1, 0.15) is 67.3 Å². The lowest BCUT2D eigenvalue weighted by molar-refractivity contribution is -0.117. The van der Waals surface area contributed by atoms with E-state index in [-0.39, 0.29) is 11.4 Å². The predicted octanol–water partition coefficient (Wildman–Crippen LogP) is 6.03. The monoisotopic (exact) mass is 380 g/mol. The van der Waals surface area contributed by atoms with Crippen molar-refractivity contribution in [2.45, 2.75) is 78.9 Å². The summed E-state index contributed by atoms with van der Waals surface area (Å²) in [5, 5.41) is 0. The van der Waals surface area contributed by atoms with Gasteiger partial charge in [-0.3, -0.25) is 0 Å². The Morgan fingerprint density at radius 3 is 2.50 bits per heavy atom. The summed E-state index contributed by atoms with van der Waals surface area (Å²) in [5.74, 6) is 2.27. The zero-order valence-corrected chi connectivity index (χ0v) is 17.9. The summed E-state index contributed by atoms with van der Waals surface area (Å²) < 4.78 is 12.8. The molecule has 0 saturated heterocycles. The Labute approximate surface area is 169 Å². The molecule has 0 amide bonds. The lowest BCUT2D eigenvalue weighted by Crippen LogP contribution is -2.37. The minimum Gasteiger partial charge on any atom is -0.488 e. The average Bonchev–Trinajstić information content (AvgIpc) is 2.66. The Balaban J connectivity index is 1.81. The number of rotatable bonds is 7. The van der Waals surface area contributed by atoms with Gasteiger partial charge in [0, 0.05) is 12.0 Å². The molecule has 3 nitrogen and oxygen atoms in total. The number of carbonyl (C=O) groups excluding carboxylic acids is 1. The number of hydrogen-bond acceptors (Lipinski definition) is 3. The Morgan fingerprint density at radius 2 is 1.82 bits per heavy atom. The number of hydrogen-bond donors (Lipinski definition) is 0. The first-order chi connectivity index (χ1) is 13.3. The van der Waals surface area contributed by atoms with Crippen molar-refractivity contribution >= 4 is 5.78 Å². The second-order valence-electron chi connectivity index (χ2n) is 8.39. The van der Waals surface area contributed by atoms with E-state index in [2.05, 4.69) is 39.8 Å². The highest BCUT2D eigenvalue weighted by atomic mass is 16.5. The van der Waals surface area contributed by atoms with Gasteiger partial charge in [0.15, 0.2) is 0 Å². The third-order valence-electron chi connectivity index (χ3n) is 6.02. The molecule has 1 aliphatic heterocycles. The van der Waals surface area contributed by atoms with Crippen LogP contribution in [0.3, 0.4) is 0 Å². The second kappa shape index (κ2) is 8.38. The summed E-state index contributed by atoms with van der Waals surface area (Å²) in [6, 6.07) is 10.3. The maximum absolute atomic E-state index is 11.3. The van der Waals surface area contributed by atoms with Crippen molar-refractivity contribution in [3.8, 4) is 11.5 Å². The van der Waals surface area contributed by atoms with Gasteiger partial charge in [-0.15, -0.1) is 0 Å². The van der Waals surface area contributed by atoms with E-state index in [0.717, 1.165) is 42.7 Å². The summed E-state index contributed by atoms with van der Waals surface area (Å²) in [4.78, 5) is 11.3. The van der Waals surface area contributed by atoms with Crippen LogP contribution in [0.5, 0.6) is 11.5 Å². The van der Waals surface area contributed by atoms with Crippen molar-refractivity contribution in [3.05, 3.63) is 58.1 Å². The molecular weight excluding hydrogens is 348 g/mol. The van der Waals surface area contributed by atoms with E-state index in [4.69, 9.17) is 9.47 Å². The second-order valence-corrected chi connectivity index (χ2v) is 8.39. The van der Waals surface area contributed by atoms with Gasteiger partial charge in [-0.25, -0.2) is 0 Å². The van der Waals surface area contributed by atoms with Gasteiger partial charge in [0.2, 0.25) is 0 Å². The van der Waals surface area contributed by atoms with E-state index in [1.165, 1.54) is 22.3 Å². The van der Waals surface area contributed by atoms with Gasteiger partial charge in [0.25, 0.3) is 0 Å². The SMILES string of the molecule is CC(=O)CCC[C@]1(C)CCc2c(C)c(OCc3ccccc3)c(C)c(C)c2O1. The van der Waals surface area contributed by atoms with E-state index in [1.54, 1.807) is 6.92 Å². The molecule has 0 saturated carbocycles. The molecule has 0 bridgehead atoms. The molecule has 3 heteroatoms. The zero-order chi connectivity index (χ0) is 20.3. The molecule has 0 radical (unpaired) electrons. The third kappa shape index (κ3) is 4.40. The molecule has 2 aromatic rings. The van der Waals surface area contributed by atoms with Gasteiger partial charge in [0.1, 0.15) is 29.5 Å². The number of Topliss-reactive ketones (excluding diaryl/α,β-unsaturated/α-hetero) is 1. The minimum absolute atomic E-state index is 0.196. The fourth-order valence-electron chi connectivity index (χ4n) is 4.12. The molecule has 150 valence electrons. The van der Waals surface area contributed by atoms with Crippen LogP contribution < -0.4 is 9.47 Å². The molecule has 0 spiro atoms. The summed E-state index contributed by atoms with van der Waals surface area (Å²) in [6.45, 7) is 10.8. The molecule has 3 rings (SSSR count). The summed E-state index contributed by atoms with van der Waals surface area (Å²) in [7, 11) is 0. The maximum atomic E-state index is 11.3. The minimum atomic E-state index is -0.196. The van der Waals surface area contributed by atoms with E-state index < -0.39 is 0 Å². The summed E-state index contributed by atoms with van der Waals surface area (Å²) in [6.07, 6.45) is 4.39. The van der Waals surface area contributed by atoms with Gasteiger partial charge in [0.05, 0.1) is 0 Å². The molecule has 0 aromatic heterocycles. The molecule has 0 unspecified atom stereocenters. The van der Waals surface area contributed by atoms with Crippen LogP contribution in [0.15, 0.2) is 30.3 Å².